The molecule has 0 radical (unpaired) electrons. The third-order valence-electron chi connectivity index (χ3n) is 1.92. The predicted molar refractivity (Wildman–Crippen MR) is 49.6 cm³/mol. The van der Waals surface area contributed by atoms with Crippen molar-refractivity contribution in [3.63, 3.8) is 0 Å². The van der Waals surface area contributed by atoms with E-state index < -0.39 is 41.8 Å². The van der Waals surface area contributed by atoms with E-state index in [9.17, 15) is 31.1 Å². The summed E-state index contributed by atoms with van der Waals surface area (Å²) in [6.07, 6.45) is -9.99. The number of carboxylic acid groups (broad SMARTS) is 1. The van der Waals surface area contributed by atoms with Crippen molar-refractivity contribution in [3.8, 4) is 5.75 Å². The Balaban J connectivity index is 3.21. The molecule has 0 amide bonds. The average molecular weight is 288 g/mol. The lowest BCUT2D eigenvalue weighted by Gasteiger charge is -2.14. The number of halogens is 6. The number of carbonyl (C=O) groups is 1. The van der Waals surface area contributed by atoms with Gasteiger partial charge in [-0.25, -0.2) is 4.79 Å². The van der Waals surface area contributed by atoms with Crippen molar-refractivity contribution in [3.05, 3.63) is 29.3 Å². The highest BCUT2D eigenvalue weighted by atomic mass is 19.4. The molecule has 9 heteroatoms. The van der Waals surface area contributed by atoms with Gasteiger partial charge >= 0.3 is 18.3 Å². The van der Waals surface area contributed by atoms with E-state index >= 15 is 0 Å². The number of hydrogen-bond donors (Lipinski definition) is 1. The van der Waals surface area contributed by atoms with Crippen molar-refractivity contribution < 1.29 is 41.0 Å². The van der Waals surface area contributed by atoms with Crippen LogP contribution in [-0.2, 0) is 17.1 Å². The maximum Gasteiger partial charge on any atom is 0.416 e. The Hall–Kier alpha value is -1.93. The van der Waals surface area contributed by atoms with E-state index in [4.69, 9.17) is 5.11 Å². The van der Waals surface area contributed by atoms with E-state index in [1.165, 1.54) is 0 Å². The summed E-state index contributed by atoms with van der Waals surface area (Å²) in [5.74, 6) is -2.34. The van der Waals surface area contributed by atoms with Crippen LogP contribution in [0.25, 0.3) is 0 Å². The molecule has 0 aliphatic heterocycles. The number of alkyl halides is 6. The lowest BCUT2D eigenvalue weighted by molar-refractivity contribution is -0.143. The highest BCUT2D eigenvalue weighted by Gasteiger charge is 2.37. The number of benzene rings is 1. The van der Waals surface area contributed by atoms with E-state index in [-0.39, 0.29) is 6.07 Å². The molecule has 1 N–H and O–H groups in total. The van der Waals surface area contributed by atoms with Crippen molar-refractivity contribution in [2.45, 2.75) is 12.4 Å². The van der Waals surface area contributed by atoms with E-state index in [2.05, 4.69) is 4.74 Å². The van der Waals surface area contributed by atoms with Crippen molar-refractivity contribution in [2.75, 3.05) is 6.61 Å². The first kappa shape index (κ1) is 15.1. The molecule has 1 aromatic rings. The molecule has 0 fully saturated rings. The van der Waals surface area contributed by atoms with E-state index in [0.29, 0.717) is 12.1 Å². The van der Waals surface area contributed by atoms with Gasteiger partial charge in [-0.1, -0.05) is 0 Å². The summed E-state index contributed by atoms with van der Waals surface area (Å²) in [6.45, 7) is -1.04. The molecule has 3 nitrogen and oxygen atoms in total. The van der Waals surface area contributed by atoms with Gasteiger partial charge in [0.2, 0.25) is 0 Å². The van der Waals surface area contributed by atoms with Gasteiger partial charge in [-0.2, -0.15) is 26.3 Å². The number of carboxylic acids is 1. The fourth-order valence-corrected chi connectivity index (χ4v) is 1.15. The molecular formula is C10H6F6O3. The molecule has 0 aliphatic rings. The highest BCUT2D eigenvalue weighted by molar-refractivity contribution is 5.68. The smallest absolute Gasteiger partial charge is 0.416 e. The zero-order valence-electron chi connectivity index (χ0n) is 8.97. The second-order valence-electron chi connectivity index (χ2n) is 3.42. The van der Waals surface area contributed by atoms with Crippen LogP contribution in [0.15, 0.2) is 18.2 Å². The molecule has 1 aromatic carbocycles. The van der Waals surface area contributed by atoms with Gasteiger partial charge in [0, 0.05) is 0 Å². The minimum atomic E-state index is -5.00. The first-order valence-corrected chi connectivity index (χ1v) is 4.64. The topological polar surface area (TPSA) is 46.5 Å². The Morgan fingerprint density at radius 2 is 1.42 bits per heavy atom. The molecule has 0 spiro atoms. The summed E-state index contributed by atoms with van der Waals surface area (Å²) >= 11 is 0. The zero-order valence-corrected chi connectivity index (χ0v) is 8.97. The average Bonchev–Trinajstić information content (AvgIpc) is 2.23. The van der Waals surface area contributed by atoms with Gasteiger partial charge in [-0.3, -0.25) is 0 Å². The fourth-order valence-electron chi connectivity index (χ4n) is 1.15. The maximum absolute atomic E-state index is 12.4. The normalized spacial score (nSPS) is 12.3. The maximum atomic E-state index is 12.4. The number of hydrogen-bond acceptors (Lipinski definition) is 2. The molecule has 0 heterocycles. The first-order valence-electron chi connectivity index (χ1n) is 4.64. The molecule has 106 valence electrons. The van der Waals surface area contributed by atoms with Gasteiger partial charge in [-0.15, -0.1) is 0 Å². The molecule has 0 aliphatic carbocycles. The Kier molecular flexibility index (Phi) is 3.97. The Morgan fingerprint density at radius 3 is 1.74 bits per heavy atom. The molecule has 0 saturated carbocycles. The minimum Gasteiger partial charge on any atom is -0.482 e. The van der Waals surface area contributed by atoms with E-state index in [1.54, 1.807) is 0 Å². The van der Waals surface area contributed by atoms with E-state index in [1.807, 2.05) is 0 Å². The van der Waals surface area contributed by atoms with Crippen molar-refractivity contribution in [1.82, 2.24) is 0 Å². The molecule has 0 atom stereocenters. The zero-order chi connectivity index (χ0) is 14.8. The van der Waals surface area contributed by atoms with Crippen LogP contribution in [0.4, 0.5) is 26.3 Å². The Bertz CT molecular complexity index is 445. The van der Waals surface area contributed by atoms with E-state index in [0.717, 1.165) is 0 Å². The molecular weight excluding hydrogens is 282 g/mol. The first-order chi connectivity index (χ1) is 8.50. The predicted octanol–water partition coefficient (Wildman–Crippen LogP) is 3.19. The fraction of sp³-hybridized carbons (Fsp3) is 0.300. The van der Waals surface area contributed by atoms with Crippen LogP contribution >= 0.6 is 0 Å². The van der Waals surface area contributed by atoms with Crippen molar-refractivity contribution >= 4 is 5.97 Å². The third-order valence-corrected chi connectivity index (χ3v) is 1.92. The van der Waals surface area contributed by atoms with Gasteiger partial charge in [-0.05, 0) is 18.2 Å². The Labute approximate surface area is 102 Å². The number of aliphatic carboxylic acids is 1. The summed E-state index contributed by atoms with van der Waals surface area (Å²) in [6, 6.07) is 0.532. The third kappa shape index (κ3) is 4.34. The standard InChI is InChI=1S/C10H6F6O3/c11-9(12,13)5-1-6(10(14,15)16)3-7(2-5)19-4-8(17)18/h1-3H,4H2,(H,17,18). The van der Waals surface area contributed by atoms with Crippen LogP contribution in [-0.4, -0.2) is 17.7 Å². The van der Waals surface area contributed by atoms with Crippen LogP contribution in [0.3, 0.4) is 0 Å². The summed E-state index contributed by atoms with van der Waals surface area (Å²) in [4.78, 5) is 10.2. The summed E-state index contributed by atoms with van der Waals surface area (Å²) in [5, 5.41) is 8.26. The molecule has 19 heavy (non-hydrogen) atoms. The summed E-state index contributed by atoms with van der Waals surface area (Å²) in [5.41, 5.74) is -3.13. The van der Waals surface area contributed by atoms with Gasteiger partial charge < -0.3 is 9.84 Å². The lowest BCUT2D eigenvalue weighted by Crippen LogP contribution is -2.13. The second-order valence-corrected chi connectivity index (χ2v) is 3.42. The van der Waals surface area contributed by atoms with Gasteiger partial charge in [0.15, 0.2) is 6.61 Å². The minimum absolute atomic E-state index is 0.0758. The van der Waals surface area contributed by atoms with Gasteiger partial charge in [0.1, 0.15) is 5.75 Å². The largest absolute Gasteiger partial charge is 0.482 e. The summed E-state index contributed by atoms with van der Waals surface area (Å²) < 4.78 is 78.7. The van der Waals surface area contributed by atoms with Gasteiger partial charge in [0.05, 0.1) is 11.1 Å². The van der Waals surface area contributed by atoms with Crippen molar-refractivity contribution in [2.24, 2.45) is 0 Å². The number of rotatable bonds is 3. The number of ether oxygens (including phenoxy) is 1. The quantitative estimate of drug-likeness (QED) is 0.869. The molecule has 0 saturated heterocycles. The van der Waals surface area contributed by atoms with Crippen LogP contribution in [0, 0.1) is 0 Å². The van der Waals surface area contributed by atoms with Crippen LogP contribution in [0.2, 0.25) is 0 Å². The Morgan fingerprint density at radius 1 is 1.00 bits per heavy atom. The molecule has 0 bridgehead atoms. The lowest BCUT2D eigenvalue weighted by atomic mass is 10.1. The molecule has 1 rings (SSSR count). The van der Waals surface area contributed by atoms with Gasteiger partial charge in [0.25, 0.3) is 0 Å². The SMILES string of the molecule is O=C(O)COc1cc(C(F)(F)F)cc(C(F)(F)F)c1. The molecule has 0 unspecified atom stereocenters. The summed E-state index contributed by atoms with van der Waals surface area (Å²) in [7, 11) is 0. The molecule has 0 aromatic heterocycles. The van der Waals surface area contributed by atoms with Crippen molar-refractivity contribution in [1.29, 1.82) is 0 Å². The monoisotopic (exact) mass is 288 g/mol. The highest BCUT2D eigenvalue weighted by Crippen LogP contribution is 2.38. The van der Waals surface area contributed by atoms with Crippen LogP contribution in [0.1, 0.15) is 11.1 Å². The van der Waals surface area contributed by atoms with Crippen LogP contribution in [0.5, 0.6) is 5.75 Å². The second kappa shape index (κ2) is 4.98. The van der Waals surface area contributed by atoms with Crippen LogP contribution < -0.4 is 4.74 Å².